The highest BCUT2D eigenvalue weighted by atomic mass is 15.2. The third-order valence-corrected chi connectivity index (χ3v) is 8.33. The fourth-order valence-electron chi connectivity index (χ4n) is 6.15. The molecular formula is C31H35N9. The standard InChI is InChI=1S/C31H35N9/c1-20(21-8-4-2-5-9-21)34-23-18-22(12-14-32-19-23)24-10-11-26-27(35-24)29(39-38-26)30-36-25-13-15-33-31(28(25)37-30)40-16-6-3-7-17-40/h10-13,15,18-19,21,34H,1-9,14,16-17H2,(H,36,37)(H,38,39). The van der Waals surface area contributed by atoms with Crippen molar-refractivity contribution in [3.8, 4) is 11.5 Å². The first-order chi connectivity index (χ1) is 19.7. The van der Waals surface area contributed by atoms with Crippen LogP contribution in [0.5, 0.6) is 0 Å². The van der Waals surface area contributed by atoms with E-state index in [1.54, 1.807) is 0 Å². The lowest BCUT2D eigenvalue weighted by Gasteiger charge is -2.27. The molecule has 0 radical (unpaired) electrons. The average Bonchev–Trinajstić information content (AvgIpc) is 3.55. The molecule has 0 aromatic carbocycles. The number of piperidine rings is 1. The van der Waals surface area contributed by atoms with E-state index in [4.69, 9.17) is 15.0 Å². The average molecular weight is 534 g/mol. The van der Waals surface area contributed by atoms with Crippen LogP contribution in [0.2, 0.25) is 0 Å². The summed E-state index contributed by atoms with van der Waals surface area (Å²) in [6.45, 7) is 6.98. The molecule has 1 saturated heterocycles. The van der Waals surface area contributed by atoms with E-state index in [-0.39, 0.29) is 0 Å². The summed E-state index contributed by atoms with van der Waals surface area (Å²) in [6.07, 6.45) is 17.9. The molecule has 40 heavy (non-hydrogen) atoms. The van der Waals surface area contributed by atoms with Crippen molar-refractivity contribution in [3.63, 3.8) is 0 Å². The zero-order chi connectivity index (χ0) is 26.9. The van der Waals surface area contributed by atoms with Gasteiger partial charge in [0, 0.05) is 36.8 Å². The minimum atomic E-state index is 0.524. The monoisotopic (exact) mass is 533 g/mol. The summed E-state index contributed by atoms with van der Waals surface area (Å²) in [6, 6.07) is 6.04. The number of fused-ring (bicyclic) bond motifs is 2. The second-order valence-corrected chi connectivity index (χ2v) is 11.1. The molecule has 1 aliphatic carbocycles. The van der Waals surface area contributed by atoms with Crippen molar-refractivity contribution in [2.45, 2.75) is 51.4 Å². The van der Waals surface area contributed by atoms with Crippen molar-refractivity contribution in [3.05, 3.63) is 60.2 Å². The number of nitrogens with one attached hydrogen (secondary N) is 3. The Morgan fingerprint density at radius 3 is 2.67 bits per heavy atom. The Kier molecular flexibility index (Phi) is 6.63. The lowest BCUT2D eigenvalue weighted by Crippen LogP contribution is -2.30. The molecule has 9 nitrogen and oxygen atoms in total. The SMILES string of the molecule is C=C(NC1=CC(c2ccc3[nH]nc(-c4nc5c(N6CCCCC6)nccc5[nH]4)c3n2)=CCN=C1)C1CCCCC1. The smallest absolute Gasteiger partial charge is 0.161 e. The van der Waals surface area contributed by atoms with E-state index >= 15 is 0 Å². The molecule has 4 aromatic heterocycles. The molecule has 0 amide bonds. The van der Waals surface area contributed by atoms with E-state index in [9.17, 15) is 0 Å². The molecular weight excluding hydrogens is 498 g/mol. The van der Waals surface area contributed by atoms with Gasteiger partial charge in [-0.15, -0.1) is 0 Å². The molecule has 0 spiro atoms. The minimum Gasteiger partial charge on any atom is -0.358 e. The van der Waals surface area contributed by atoms with Gasteiger partial charge >= 0.3 is 0 Å². The highest BCUT2D eigenvalue weighted by Crippen LogP contribution is 2.31. The third-order valence-electron chi connectivity index (χ3n) is 8.33. The largest absolute Gasteiger partial charge is 0.358 e. The first-order valence-electron chi connectivity index (χ1n) is 14.6. The van der Waals surface area contributed by atoms with Crippen molar-refractivity contribution in [2.24, 2.45) is 10.9 Å². The molecule has 1 saturated carbocycles. The fraction of sp³-hybridized carbons (Fsp3) is 0.387. The normalized spacial score (nSPS) is 18.6. The lowest BCUT2D eigenvalue weighted by atomic mass is 9.87. The summed E-state index contributed by atoms with van der Waals surface area (Å²) in [5.74, 6) is 2.16. The van der Waals surface area contributed by atoms with Crippen LogP contribution in [-0.2, 0) is 0 Å². The van der Waals surface area contributed by atoms with Crippen LogP contribution in [0.4, 0.5) is 5.82 Å². The Morgan fingerprint density at radius 2 is 1.80 bits per heavy atom. The molecule has 3 N–H and O–H groups in total. The quantitative estimate of drug-likeness (QED) is 0.284. The Bertz CT molecular complexity index is 1640. The van der Waals surface area contributed by atoms with E-state index in [0.717, 1.165) is 63.6 Å². The van der Waals surface area contributed by atoms with Crippen LogP contribution in [0.25, 0.3) is 39.2 Å². The van der Waals surface area contributed by atoms with Gasteiger partial charge in [0.2, 0.25) is 0 Å². The Balaban J connectivity index is 1.20. The number of hydrogen-bond acceptors (Lipinski definition) is 7. The predicted octanol–water partition coefficient (Wildman–Crippen LogP) is 5.92. The summed E-state index contributed by atoms with van der Waals surface area (Å²) in [4.78, 5) is 25.1. The van der Waals surface area contributed by atoms with E-state index in [2.05, 4.69) is 49.1 Å². The van der Waals surface area contributed by atoms with Crippen LogP contribution in [0.15, 0.2) is 59.5 Å². The second-order valence-electron chi connectivity index (χ2n) is 11.1. The number of allylic oxidation sites excluding steroid dienone is 4. The zero-order valence-electron chi connectivity index (χ0n) is 22.8. The Hall–Kier alpha value is -4.27. The molecule has 0 atom stereocenters. The van der Waals surface area contributed by atoms with Gasteiger partial charge in [-0.3, -0.25) is 10.1 Å². The molecule has 0 bridgehead atoms. The number of hydrogen-bond donors (Lipinski definition) is 3. The third kappa shape index (κ3) is 4.80. The van der Waals surface area contributed by atoms with E-state index in [1.807, 2.05) is 30.6 Å². The van der Waals surface area contributed by atoms with Gasteiger partial charge in [-0.25, -0.2) is 15.0 Å². The van der Waals surface area contributed by atoms with Crippen LogP contribution in [0.1, 0.15) is 57.1 Å². The van der Waals surface area contributed by atoms with Crippen LogP contribution in [-0.4, -0.2) is 56.0 Å². The topological polar surface area (TPSA) is 111 Å². The molecule has 6 heterocycles. The number of H-pyrrole nitrogens is 2. The maximum atomic E-state index is 5.06. The number of anilines is 1. The number of rotatable bonds is 6. The Labute approximate surface area is 233 Å². The minimum absolute atomic E-state index is 0.524. The lowest BCUT2D eigenvalue weighted by molar-refractivity contribution is 0.393. The molecule has 0 unspecified atom stereocenters. The first-order valence-corrected chi connectivity index (χ1v) is 14.6. The van der Waals surface area contributed by atoms with E-state index in [1.165, 1.54) is 51.4 Å². The maximum Gasteiger partial charge on any atom is 0.161 e. The molecule has 2 fully saturated rings. The van der Waals surface area contributed by atoms with Gasteiger partial charge in [0.05, 0.1) is 29.0 Å². The van der Waals surface area contributed by atoms with Gasteiger partial charge in [-0.1, -0.05) is 31.9 Å². The van der Waals surface area contributed by atoms with Gasteiger partial charge in [0.15, 0.2) is 17.3 Å². The number of pyridine rings is 2. The molecule has 204 valence electrons. The second kappa shape index (κ2) is 10.7. The van der Waals surface area contributed by atoms with Crippen molar-refractivity contribution < 1.29 is 0 Å². The summed E-state index contributed by atoms with van der Waals surface area (Å²) in [5.41, 5.74) is 8.12. The summed E-state index contributed by atoms with van der Waals surface area (Å²) < 4.78 is 0. The first kappa shape index (κ1) is 24.7. The van der Waals surface area contributed by atoms with Gasteiger partial charge in [0.1, 0.15) is 11.0 Å². The molecule has 4 aromatic rings. The number of aliphatic imine (C=N–C) groups is 1. The predicted molar refractivity (Wildman–Crippen MR) is 161 cm³/mol. The van der Waals surface area contributed by atoms with Crippen molar-refractivity contribution >= 4 is 39.7 Å². The summed E-state index contributed by atoms with van der Waals surface area (Å²) in [5, 5.41) is 11.3. The van der Waals surface area contributed by atoms with Crippen molar-refractivity contribution in [1.82, 2.24) is 35.5 Å². The summed E-state index contributed by atoms with van der Waals surface area (Å²) in [7, 11) is 0. The van der Waals surface area contributed by atoms with E-state index in [0.29, 0.717) is 24.0 Å². The highest BCUT2D eigenvalue weighted by Gasteiger charge is 2.21. The van der Waals surface area contributed by atoms with Gasteiger partial charge < -0.3 is 15.2 Å². The van der Waals surface area contributed by atoms with Gasteiger partial charge in [-0.2, -0.15) is 5.10 Å². The van der Waals surface area contributed by atoms with Crippen LogP contribution >= 0.6 is 0 Å². The van der Waals surface area contributed by atoms with Gasteiger partial charge in [-0.05, 0) is 62.3 Å². The van der Waals surface area contributed by atoms with Crippen molar-refractivity contribution in [2.75, 3.05) is 24.5 Å². The number of nitrogens with zero attached hydrogens (tertiary/aromatic N) is 6. The number of imidazole rings is 1. The molecule has 3 aliphatic rings. The van der Waals surface area contributed by atoms with Crippen LogP contribution < -0.4 is 10.2 Å². The van der Waals surface area contributed by atoms with Crippen LogP contribution in [0.3, 0.4) is 0 Å². The molecule has 7 rings (SSSR count). The number of aromatic amines is 2. The zero-order valence-corrected chi connectivity index (χ0v) is 22.8. The Morgan fingerprint density at radius 1 is 0.950 bits per heavy atom. The van der Waals surface area contributed by atoms with Gasteiger partial charge in [0.25, 0.3) is 0 Å². The molecule has 9 heteroatoms. The highest BCUT2D eigenvalue weighted by molar-refractivity contribution is 5.94. The summed E-state index contributed by atoms with van der Waals surface area (Å²) >= 11 is 0. The number of aromatic nitrogens is 6. The fourth-order valence-corrected chi connectivity index (χ4v) is 6.15. The maximum absolute atomic E-state index is 5.06. The molecule has 2 aliphatic heterocycles. The van der Waals surface area contributed by atoms with E-state index < -0.39 is 0 Å². The van der Waals surface area contributed by atoms with Crippen molar-refractivity contribution in [1.29, 1.82) is 0 Å². The van der Waals surface area contributed by atoms with Crippen LogP contribution in [0, 0.1) is 5.92 Å².